The summed E-state index contributed by atoms with van der Waals surface area (Å²) in [5.74, 6) is -1.95. The topological polar surface area (TPSA) is 64.7 Å². The number of anilines is 1. The van der Waals surface area contributed by atoms with Gasteiger partial charge >= 0.3 is 11.8 Å². The van der Waals surface area contributed by atoms with Gasteiger partial charge in [0.25, 0.3) is 0 Å². The third kappa shape index (κ3) is 5.15. The number of halogens is 1. The number of nitrogens with zero attached hydrogens (tertiary/aromatic N) is 2. The van der Waals surface area contributed by atoms with E-state index in [-0.39, 0.29) is 11.7 Å². The zero-order chi connectivity index (χ0) is 20.1. The number of thiophene rings is 1. The molecule has 1 aliphatic rings. The van der Waals surface area contributed by atoms with Crippen LogP contribution < -0.4 is 10.6 Å². The molecule has 0 bridgehead atoms. The average Bonchev–Trinajstić information content (AvgIpc) is 3.20. The van der Waals surface area contributed by atoms with Crippen LogP contribution in [0.3, 0.4) is 0 Å². The van der Waals surface area contributed by atoms with Crippen molar-refractivity contribution in [2.24, 2.45) is 0 Å². The number of benzene rings is 1. The van der Waals surface area contributed by atoms with Crippen molar-refractivity contribution in [1.82, 2.24) is 15.1 Å². The van der Waals surface area contributed by atoms with Crippen LogP contribution in [0, 0.1) is 12.7 Å². The molecule has 2 N–H and O–H groups in total. The minimum absolute atomic E-state index is 0.0218. The number of aryl methyl sites for hydroxylation is 1. The minimum Gasteiger partial charge on any atom is -0.346 e. The Labute approximate surface area is 168 Å². The molecule has 1 fully saturated rings. The van der Waals surface area contributed by atoms with E-state index in [0.717, 1.165) is 31.7 Å². The summed E-state index contributed by atoms with van der Waals surface area (Å²) in [4.78, 5) is 29.0. The van der Waals surface area contributed by atoms with Crippen LogP contribution in [-0.4, -0.2) is 61.4 Å². The van der Waals surface area contributed by atoms with Gasteiger partial charge in [0, 0.05) is 38.4 Å². The molecule has 6 nitrogen and oxygen atoms in total. The average molecular weight is 405 g/mol. The minimum atomic E-state index is -0.800. The smallest absolute Gasteiger partial charge is 0.313 e. The number of likely N-dealkylation sites (N-methyl/N-ethyl adjacent to an activating group) is 1. The number of hydrogen-bond acceptors (Lipinski definition) is 5. The Kier molecular flexibility index (Phi) is 6.77. The normalized spacial score (nSPS) is 16.5. The fraction of sp³-hybridized carbons (Fsp3) is 0.400. The molecule has 0 saturated carbocycles. The lowest BCUT2D eigenvalue weighted by molar-refractivity contribution is -0.136. The van der Waals surface area contributed by atoms with Gasteiger partial charge in [-0.2, -0.15) is 11.3 Å². The van der Waals surface area contributed by atoms with Gasteiger partial charge in [-0.3, -0.25) is 14.5 Å². The van der Waals surface area contributed by atoms with E-state index in [1.54, 1.807) is 30.4 Å². The Morgan fingerprint density at radius 2 is 1.93 bits per heavy atom. The molecule has 2 amide bonds. The van der Waals surface area contributed by atoms with Crippen molar-refractivity contribution in [3.63, 3.8) is 0 Å². The third-order valence-electron chi connectivity index (χ3n) is 5.00. The fourth-order valence-electron chi connectivity index (χ4n) is 3.18. The molecule has 150 valence electrons. The molecule has 1 aromatic carbocycles. The third-order valence-corrected chi connectivity index (χ3v) is 5.70. The molecule has 0 spiro atoms. The SMILES string of the molecule is Cc1ccc(NC(=O)C(=O)NCC(c2ccsc2)N2CCN(C)CC2)cc1F. The van der Waals surface area contributed by atoms with Crippen LogP contribution in [0.1, 0.15) is 17.2 Å². The molecular formula is C20H25FN4O2S. The van der Waals surface area contributed by atoms with E-state index in [1.807, 2.05) is 5.38 Å². The Morgan fingerprint density at radius 1 is 1.18 bits per heavy atom. The number of carbonyl (C=O) groups is 2. The molecule has 1 saturated heterocycles. The van der Waals surface area contributed by atoms with Crippen molar-refractivity contribution in [3.05, 3.63) is 52.0 Å². The molecule has 3 rings (SSSR count). The highest BCUT2D eigenvalue weighted by atomic mass is 32.1. The monoisotopic (exact) mass is 404 g/mol. The zero-order valence-electron chi connectivity index (χ0n) is 16.1. The van der Waals surface area contributed by atoms with Crippen molar-refractivity contribution in [2.75, 3.05) is 45.1 Å². The second-order valence-electron chi connectivity index (χ2n) is 7.04. The first-order valence-corrected chi connectivity index (χ1v) is 10.2. The van der Waals surface area contributed by atoms with Crippen LogP contribution in [0.2, 0.25) is 0 Å². The number of rotatable bonds is 5. The van der Waals surface area contributed by atoms with E-state index in [4.69, 9.17) is 0 Å². The number of piperazine rings is 1. The molecule has 8 heteroatoms. The lowest BCUT2D eigenvalue weighted by Crippen LogP contribution is -2.49. The summed E-state index contributed by atoms with van der Waals surface area (Å²) in [5, 5.41) is 9.26. The van der Waals surface area contributed by atoms with Crippen LogP contribution in [0.4, 0.5) is 10.1 Å². The largest absolute Gasteiger partial charge is 0.346 e. The highest BCUT2D eigenvalue weighted by Crippen LogP contribution is 2.23. The van der Waals surface area contributed by atoms with Crippen molar-refractivity contribution >= 4 is 28.8 Å². The van der Waals surface area contributed by atoms with E-state index in [2.05, 4.69) is 38.9 Å². The summed E-state index contributed by atoms with van der Waals surface area (Å²) in [6.45, 7) is 5.72. The van der Waals surface area contributed by atoms with Crippen LogP contribution in [0.15, 0.2) is 35.0 Å². The molecule has 1 atom stereocenters. The Bertz CT molecular complexity index is 820. The van der Waals surface area contributed by atoms with E-state index in [0.29, 0.717) is 12.1 Å². The summed E-state index contributed by atoms with van der Waals surface area (Å²) < 4.78 is 13.6. The summed E-state index contributed by atoms with van der Waals surface area (Å²) in [6, 6.07) is 6.41. The van der Waals surface area contributed by atoms with Gasteiger partial charge in [-0.25, -0.2) is 4.39 Å². The first-order valence-electron chi connectivity index (χ1n) is 9.24. The van der Waals surface area contributed by atoms with Crippen LogP contribution >= 0.6 is 11.3 Å². The highest BCUT2D eigenvalue weighted by Gasteiger charge is 2.25. The second kappa shape index (κ2) is 9.27. The van der Waals surface area contributed by atoms with Crippen molar-refractivity contribution in [3.8, 4) is 0 Å². The Hall–Kier alpha value is -2.29. The van der Waals surface area contributed by atoms with Gasteiger partial charge < -0.3 is 15.5 Å². The van der Waals surface area contributed by atoms with Crippen molar-refractivity contribution < 1.29 is 14.0 Å². The maximum absolute atomic E-state index is 13.6. The van der Waals surface area contributed by atoms with Crippen molar-refractivity contribution in [2.45, 2.75) is 13.0 Å². The van der Waals surface area contributed by atoms with E-state index >= 15 is 0 Å². The number of hydrogen-bond donors (Lipinski definition) is 2. The molecule has 1 unspecified atom stereocenters. The zero-order valence-corrected chi connectivity index (χ0v) is 16.9. The molecule has 2 heterocycles. The number of nitrogens with one attached hydrogen (secondary N) is 2. The fourth-order valence-corrected chi connectivity index (χ4v) is 3.89. The summed E-state index contributed by atoms with van der Waals surface area (Å²) >= 11 is 1.61. The molecule has 1 aliphatic heterocycles. The van der Waals surface area contributed by atoms with Gasteiger partial charge in [-0.15, -0.1) is 0 Å². The van der Waals surface area contributed by atoms with E-state index in [9.17, 15) is 14.0 Å². The van der Waals surface area contributed by atoms with Gasteiger partial charge in [0.2, 0.25) is 0 Å². The molecule has 1 aromatic heterocycles. The maximum atomic E-state index is 13.6. The molecule has 28 heavy (non-hydrogen) atoms. The second-order valence-corrected chi connectivity index (χ2v) is 7.82. The summed E-state index contributed by atoms with van der Waals surface area (Å²) in [5.41, 5.74) is 1.88. The van der Waals surface area contributed by atoms with Crippen LogP contribution in [0.25, 0.3) is 0 Å². The van der Waals surface area contributed by atoms with Gasteiger partial charge in [-0.05, 0) is 54.1 Å². The molecule has 0 aliphatic carbocycles. The molecule has 2 aromatic rings. The quantitative estimate of drug-likeness (QED) is 0.751. The first-order chi connectivity index (χ1) is 13.4. The number of carbonyl (C=O) groups excluding carboxylic acids is 2. The first kappa shape index (κ1) is 20.4. The Balaban J connectivity index is 1.59. The van der Waals surface area contributed by atoms with Crippen LogP contribution in [0.5, 0.6) is 0 Å². The predicted octanol–water partition coefficient (Wildman–Crippen LogP) is 2.24. The molecular weight excluding hydrogens is 379 g/mol. The highest BCUT2D eigenvalue weighted by molar-refractivity contribution is 7.08. The van der Waals surface area contributed by atoms with Gasteiger partial charge in [-0.1, -0.05) is 6.07 Å². The standard InChI is InChI=1S/C20H25FN4O2S/c1-14-3-4-16(11-17(14)21)23-20(27)19(26)22-12-18(15-5-10-28-13-15)25-8-6-24(2)7-9-25/h3-5,10-11,13,18H,6-9,12H2,1-2H3,(H,22,26)(H,23,27). The lowest BCUT2D eigenvalue weighted by atomic mass is 10.1. The lowest BCUT2D eigenvalue weighted by Gasteiger charge is -2.37. The summed E-state index contributed by atoms with van der Waals surface area (Å²) in [7, 11) is 2.09. The van der Waals surface area contributed by atoms with Gasteiger partial charge in [0.15, 0.2) is 0 Å². The van der Waals surface area contributed by atoms with E-state index < -0.39 is 17.6 Å². The van der Waals surface area contributed by atoms with Gasteiger partial charge in [0.05, 0.1) is 6.04 Å². The van der Waals surface area contributed by atoms with Crippen molar-refractivity contribution in [1.29, 1.82) is 0 Å². The van der Waals surface area contributed by atoms with Gasteiger partial charge in [0.1, 0.15) is 5.82 Å². The molecule has 0 radical (unpaired) electrons. The van der Waals surface area contributed by atoms with E-state index in [1.165, 1.54) is 6.07 Å². The van der Waals surface area contributed by atoms with Crippen LogP contribution in [-0.2, 0) is 9.59 Å². The number of amides is 2. The summed E-state index contributed by atoms with van der Waals surface area (Å²) in [6.07, 6.45) is 0. The Morgan fingerprint density at radius 3 is 2.57 bits per heavy atom. The predicted molar refractivity (Wildman–Crippen MR) is 109 cm³/mol. The maximum Gasteiger partial charge on any atom is 0.313 e.